The van der Waals surface area contributed by atoms with Gasteiger partial charge in [0.05, 0.1) is 6.54 Å². The highest BCUT2D eigenvalue weighted by molar-refractivity contribution is 7.99. The van der Waals surface area contributed by atoms with E-state index in [0.29, 0.717) is 47.2 Å². The molecule has 3 N–H and O–H groups in total. The molecule has 162 valence electrons. The summed E-state index contributed by atoms with van der Waals surface area (Å²) in [7, 11) is 0. The Balaban J connectivity index is 2.68. The summed E-state index contributed by atoms with van der Waals surface area (Å²) in [5.41, 5.74) is 0. The van der Waals surface area contributed by atoms with Gasteiger partial charge in [-0.1, -0.05) is 42.3 Å². The number of thioether (sulfide) groups is 2. The summed E-state index contributed by atoms with van der Waals surface area (Å²) in [5.74, 6) is -1.06. The van der Waals surface area contributed by atoms with Gasteiger partial charge in [0.25, 0.3) is 0 Å². The van der Waals surface area contributed by atoms with Gasteiger partial charge in [-0.05, 0) is 12.8 Å². The second-order valence-corrected chi connectivity index (χ2v) is 7.40. The summed E-state index contributed by atoms with van der Waals surface area (Å²) in [4.78, 5) is 45.0. The minimum absolute atomic E-state index is 0.113. The number of carboxylic acid groups (broad SMARTS) is 2. The molecule has 0 aliphatic carbocycles. The van der Waals surface area contributed by atoms with E-state index in [1.54, 1.807) is 12.2 Å². The van der Waals surface area contributed by atoms with Gasteiger partial charge in [-0.2, -0.15) is 15.0 Å². The van der Waals surface area contributed by atoms with Gasteiger partial charge in [0, 0.05) is 29.7 Å². The molecule has 0 atom stereocenters. The average molecular weight is 455 g/mol. The number of rotatable bonds is 15. The van der Waals surface area contributed by atoms with E-state index in [1.807, 2.05) is 0 Å². The van der Waals surface area contributed by atoms with E-state index in [-0.39, 0.29) is 6.61 Å². The first-order valence-corrected chi connectivity index (χ1v) is 10.7. The number of hydrogen-bond donors (Lipinski definition) is 3. The molecule has 0 spiro atoms. The van der Waals surface area contributed by atoms with Gasteiger partial charge >= 0.3 is 17.9 Å². The van der Waals surface area contributed by atoms with E-state index in [0.717, 1.165) is 18.2 Å². The molecule has 1 rings (SSSR count). The molecule has 0 aliphatic rings. The molecule has 0 amide bonds. The SMILES string of the molecule is C=CC(=O)OCCNc1nc(SCCC=CC(=O)O)nc(SCCC=CC(=O)O)n1. The number of esters is 1. The second kappa shape index (κ2) is 15.0. The van der Waals surface area contributed by atoms with Crippen molar-refractivity contribution in [3.05, 3.63) is 37.0 Å². The van der Waals surface area contributed by atoms with Crippen LogP contribution >= 0.6 is 23.5 Å². The third kappa shape index (κ3) is 12.6. The lowest BCUT2D eigenvalue weighted by Gasteiger charge is -2.08. The molecule has 0 saturated heterocycles. The van der Waals surface area contributed by atoms with E-state index >= 15 is 0 Å². The average Bonchev–Trinajstić information content (AvgIpc) is 2.70. The summed E-state index contributed by atoms with van der Waals surface area (Å²) in [6, 6.07) is 0. The molecular weight excluding hydrogens is 432 g/mol. The largest absolute Gasteiger partial charge is 0.478 e. The number of carboxylic acids is 2. The van der Waals surface area contributed by atoms with E-state index in [2.05, 4.69) is 26.8 Å². The van der Waals surface area contributed by atoms with E-state index in [1.165, 1.54) is 23.5 Å². The summed E-state index contributed by atoms with van der Waals surface area (Å²) in [5, 5.41) is 21.1. The molecule has 0 bridgehead atoms. The lowest BCUT2D eigenvalue weighted by Crippen LogP contribution is -2.14. The van der Waals surface area contributed by atoms with Crippen molar-refractivity contribution in [3.63, 3.8) is 0 Å². The van der Waals surface area contributed by atoms with E-state index < -0.39 is 17.9 Å². The standard InChI is InChI=1S/C18H22N4O6S2/c1-2-15(27)28-10-9-19-16-20-17(29-11-5-3-7-13(23)24)22-18(21-16)30-12-6-4-8-14(25)26/h2-4,7-8H,1,5-6,9-12H2,(H,23,24)(H,25,26)(H,19,20,21,22). The Bertz CT molecular complexity index is 753. The van der Waals surface area contributed by atoms with Gasteiger partial charge in [-0.15, -0.1) is 0 Å². The maximum absolute atomic E-state index is 11.1. The molecule has 0 unspecified atom stereocenters. The third-order valence-corrected chi connectivity index (χ3v) is 4.70. The van der Waals surface area contributed by atoms with Gasteiger partial charge < -0.3 is 20.3 Å². The maximum atomic E-state index is 11.1. The van der Waals surface area contributed by atoms with Gasteiger partial charge in [-0.3, -0.25) is 0 Å². The molecule has 12 heteroatoms. The minimum atomic E-state index is -1.00. The van der Waals surface area contributed by atoms with Crippen molar-refractivity contribution in [1.29, 1.82) is 0 Å². The highest BCUT2D eigenvalue weighted by Crippen LogP contribution is 2.21. The predicted octanol–water partition coefficient (Wildman–Crippen LogP) is 2.26. The number of aliphatic carboxylic acids is 2. The van der Waals surface area contributed by atoms with Crippen LogP contribution in [0.2, 0.25) is 0 Å². The van der Waals surface area contributed by atoms with Gasteiger partial charge in [0.2, 0.25) is 5.95 Å². The molecule has 0 fully saturated rings. The summed E-state index contributed by atoms with van der Waals surface area (Å²) >= 11 is 2.69. The number of allylic oxidation sites excluding steroid dienone is 2. The highest BCUT2D eigenvalue weighted by atomic mass is 32.2. The van der Waals surface area contributed by atoms with Crippen LogP contribution in [0, 0.1) is 0 Å². The third-order valence-electron chi connectivity index (χ3n) is 2.94. The number of ether oxygens (including phenoxy) is 1. The number of carbonyl (C=O) groups excluding carboxylic acids is 1. The predicted molar refractivity (Wildman–Crippen MR) is 114 cm³/mol. The van der Waals surface area contributed by atoms with Gasteiger partial charge in [0.15, 0.2) is 10.3 Å². The summed E-state index contributed by atoms with van der Waals surface area (Å²) < 4.78 is 4.88. The lowest BCUT2D eigenvalue weighted by molar-refractivity contribution is -0.137. The van der Waals surface area contributed by atoms with Crippen LogP contribution in [0.15, 0.2) is 47.3 Å². The summed E-state index contributed by atoms with van der Waals surface area (Å²) in [6.45, 7) is 3.72. The first-order chi connectivity index (χ1) is 14.4. The summed E-state index contributed by atoms with van der Waals surface area (Å²) in [6.07, 6.45) is 7.40. The van der Waals surface area contributed by atoms with Crippen molar-refractivity contribution >= 4 is 47.4 Å². The van der Waals surface area contributed by atoms with Crippen molar-refractivity contribution < 1.29 is 29.3 Å². The Morgan fingerprint density at radius 3 is 1.97 bits per heavy atom. The van der Waals surface area contributed by atoms with Gasteiger partial charge in [-0.25, -0.2) is 14.4 Å². The Morgan fingerprint density at radius 1 is 0.967 bits per heavy atom. The van der Waals surface area contributed by atoms with Gasteiger partial charge in [0.1, 0.15) is 6.61 Å². The fraction of sp³-hybridized carbons (Fsp3) is 0.333. The Morgan fingerprint density at radius 2 is 1.50 bits per heavy atom. The number of nitrogens with one attached hydrogen (secondary N) is 1. The zero-order valence-electron chi connectivity index (χ0n) is 16.0. The molecule has 1 aromatic rings. The van der Waals surface area contributed by atoms with Crippen LogP contribution in [0.4, 0.5) is 5.95 Å². The molecule has 30 heavy (non-hydrogen) atoms. The smallest absolute Gasteiger partial charge is 0.330 e. The van der Waals surface area contributed by atoms with Crippen LogP contribution in [-0.4, -0.2) is 67.7 Å². The Hall–Kier alpha value is -2.86. The van der Waals surface area contributed by atoms with E-state index in [4.69, 9.17) is 14.9 Å². The van der Waals surface area contributed by atoms with Crippen molar-refractivity contribution in [3.8, 4) is 0 Å². The molecule has 0 aromatic carbocycles. The Labute approximate surface area is 181 Å². The maximum Gasteiger partial charge on any atom is 0.330 e. The van der Waals surface area contributed by atoms with Crippen LogP contribution in [0.5, 0.6) is 0 Å². The lowest BCUT2D eigenvalue weighted by atomic mass is 10.4. The molecule has 0 radical (unpaired) electrons. The zero-order chi connectivity index (χ0) is 22.2. The number of hydrogen-bond acceptors (Lipinski definition) is 10. The first-order valence-electron chi connectivity index (χ1n) is 8.74. The number of carbonyl (C=O) groups is 3. The fourth-order valence-electron chi connectivity index (χ4n) is 1.72. The van der Waals surface area contributed by atoms with Crippen LogP contribution < -0.4 is 5.32 Å². The molecule has 10 nitrogen and oxygen atoms in total. The van der Waals surface area contributed by atoms with Crippen LogP contribution in [0.1, 0.15) is 12.8 Å². The molecule has 1 heterocycles. The van der Waals surface area contributed by atoms with Crippen molar-refractivity contribution in [2.24, 2.45) is 0 Å². The second-order valence-electron chi connectivity index (χ2n) is 5.28. The molecule has 0 saturated carbocycles. The quantitative estimate of drug-likeness (QED) is 0.154. The Kier molecular flexibility index (Phi) is 12.6. The molecule has 1 aromatic heterocycles. The molecular formula is C18H22N4O6S2. The molecule has 0 aliphatic heterocycles. The first kappa shape index (κ1) is 25.2. The van der Waals surface area contributed by atoms with Crippen molar-refractivity contribution in [2.75, 3.05) is 30.0 Å². The van der Waals surface area contributed by atoms with Crippen molar-refractivity contribution in [2.45, 2.75) is 23.2 Å². The normalized spacial score (nSPS) is 10.9. The number of anilines is 1. The minimum Gasteiger partial charge on any atom is -0.478 e. The monoisotopic (exact) mass is 454 g/mol. The van der Waals surface area contributed by atoms with E-state index in [9.17, 15) is 14.4 Å². The number of nitrogens with zero attached hydrogens (tertiary/aromatic N) is 3. The topological polar surface area (TPSA) is 152 Å². The number of aromatic nitrogens is 3. The fourth-order valence-corrected chi connectivity index (χ4v) is 3.26. The van der Waals surface area contributed by atoms with Crippen LogP contribution in [-0.2, 0) is 19.1 Å². The van der Waals surface area contributed by atoms with Crippen LogP contribution in [0.3, 0.4) is 0 Å². The zero-order valence-corrected chi connectivity index (χ0v) is 17.7. The highest BCUT2D eigenvalue weighted by Gasteiger charge is 2.08. The van der Waals surface area contributed by atoms with Crippen LogP contribution in [0.25, 0.3) is 0 Å². The van der Waals surface area contributed by atoms with Crippen molar-refractivity contribution in [1.82, 2.24) is 15.0 Å².